The van der Waals surface area contributed by atoms with Crippen molar-refractivity contribution in [2.75, 3.05) is 0 Å². The van der Waals surface area contributed by atoms with Crippen molar-refractivity contribution in [1.29, 1.82) is 0 Å². The lowest BCUT2D eigenvalue weighted by Crippen LogP contribution is -2.30. The second-order valence-electron chi connectivity index (χ2n) is 5.33. The van der Waals surface area contributed by atoms with Crippen molar-refractivity contribution in [3.8, 4) is 0 Å². The van der Waals surface area contributed by atoms with Gasteiger partial charge in [0, 0.05) is 0 Å². The lowest BCUT2D eigenvalue weighted by molar-refractivity contribution is -0.149. The van der Waals surface area contributed by atoms with Crippen LogP contribution < -0.4 is 0 Å². The van der Waals surface area contributed by atoms with Gasteiger partial charge in [0.05, 0.1) is 5.41 Å². The smallest absolute Gasteiger partial charge is 0.309 e. The number of aliphatic carboxylic acids is 1. The molecule has 0 amide bonds. The molecule has 0 bridgehead atoms. The molecule has 0 aromatic heterocycles. The van der Waals surface area contributed by atoms with Gasteiger partial charge in [0.1, 0.15) is 0 Å². The fourth-order valence-corrected chi connectivity index (χ4v) is 2.94. The highest BCUT2D eigenvalue weighted by atomic mass is 16.4. The molecule has 2 rings (SSSR count). The molecule has 1 fully saturated rings. The third-order valence-electron chi connectivity index (χ3n) is 4.09. The summed E-state index contributed by atoms with van der Waals surface area (Å²) in [5, 5.41) is 9.44. The van der Waals surface area contributed by atoms with Crippen molar-refractivity contribution in [3.05, 3.63) is 35.9 Å². The van der Waals surface area contributed by atoms with Gasteiger partial charge >= 0.3 is 5.97 Å². The molecule has 1 aromatic rings. The van der Waals surface area contributed by atoms with Gasteiger partial charge < -0.3 is 5.11 Å². The van der Waals surface area contributed by atoms with E-state index in [4.69, 9.17) is 0 Å². The molecule has 92 valence electrons. The largest absolute Gasteiger partial charge is 0.481 e. The Bertz CT molecular complexity index is 399. The maximum Gasteiger partial charge on any atom is 0.309 e. The molecule has 2 heteroatoms. The van der Waals surface area contributed by atoms with Gasteiger partial charge in [-0.1, -0.05) is 43.7 Å². The van der Waals surface area contributed by atoms with E-state index in [0.29, 0.717) is 11.8 Å². The maximum atomic E-state index is 11.5. The van der Waals surface area contributed by atoms with Crippen LogP contribution in [-0.2, 0) is 4.79 Å². The first kappa shape index (κ1) is 12.2. The molecule has 3 atom stereocenters. The fraction of sp³-hybridized carbons (Fsp3) is 0.533. The van der Waals surface area contributed by atoms with Crippen molar-refractivity contribution in [1.82, 2.24) is 0 Å². The molecule has 1 saturated carbocycles. The fourth-order valence-electron chi connectivity index (χ4n) is 2.94. The Morgan fingerprint density at radius 3 is 2.59 bits per heavy atom. The van der Waals surface area contributed by atoms with E-state index in [1.807, 2.05) is 25.1 Å². The number of carboxylic acids is 1. The Kier molecular flexibility index (Phi) is 3.23. The first-order chi connectivity index (χ1) is 8.09. The van der Waals surface area contributed by atoms with E-state index >= 15 is 0 Å². The van der Waals surface area contributed by atoms with Gasteiger partial charge in [0.2, 0.25) is 0 Å². The Balaban J connectivity index is 2.13. The molecule has 0 spiro atoms. The molecule has 1 aromatic carbocycles. The topological polar surface area (TPSA) is 37.3 Å². The van der Waals surface area contributed by atoms with Crippen molar-refractivity contribution in [3.63, 3.8) is 0 Å². The minimum Gasteiger partial charge on any atom is -0.481 e. The van der Waals surface area contributed by atoms with Crippen molar-refractivity contribution in [2.24, 2.45) is 11.3 Å². The zero-order valence-electron chi connectivity index (χ0n) is 10.5. The Labute approximate surface area is 103 Å². The zero-order chi connectivity index (χ0) is 12.5. The first-order valence-electron chi connectivity index (χ1n) is 6.38. The lowest BCUT2D eigenvalue weighted by atomic mass is 9.79. The number of carbonyl (C=O) groups is 1. The second kappa shape index (κ2) is 4.52. The van der Waals surface area contributed by atoms with Crippen LogP contribution in [0.2, 0.25) is 0 Å². The average Bonchev–Trinajstić information content (AvgIpc) is 3.10. The molecule has 3 unspecified atom stereocenters. The predicted molar refractivity (Wildman–Crippen MR) is 67.9 cm³/mol. The molecule has 0 saturated heterocycles. The SMILES string of the molecule is CCCC(C)(C(=O)O)C1CC1c1ccccc1. The minimum atomic E-state index is -0.636. The third kappa shape index (κ3) is 2.21. The molecule has 1 aliphatic rings. The quantitative estimate of drug-likeness (QED) is 0.840. The van der Waals surface area contributed by atoms with Crippen LogP contribution in [0.25, 0.3) is 0 Å². The predicted octanol–water partition coefficient (Wildman–Crippen LogP) is 3.68. The number of hydrogen-bond donors (Lipinski definition) is 1. The molecule has 17 heavy (non-hydrogen) atoms. The van der Waals surface area contributed by atoms with E-state index in [1.54, 1.807) is 0 Å². The summed E-state index contributed by atoms with van der Waals surface area (Å²) >= 11 is 0. The number of rotatable bonds is 5. The van der Waals surface area contributed by atoms with Crippen LogP contribution in [0.3, 0.4) is 0 Å². The molecule has 0 radical (unpaired) electrons. The molecular weight excluding hydrogens is 212 g/mol. The van der Waals surface area contributed by atoms with Gasteiger partial charge in [0.25, 0.3) is 0 Å². The molecule has 0 aliphatic heterocycles. The van der Waals surface area contributed by atoms with Gasteiger partial charge in [-0.25, -0.2) is 0 Å². The van der Waals surface area contributed by atoms with E-state index in [9.17, 15) is 9.90 Å². The number of benzene rings is 1. The first-order valence-corrected chi connectivity index (χ1v) is 6.38. The Hall–Kier alpha value is -1.31. The summed E-state index contributed by atoms with van der Waals surface area (Å²) in [4.78, 5) is 11.5. The van der Waals surface area contributed by atoms with Gasteiger partial charge in [-0.2, -0.15) is 0 Å². The highest BCUT2D eigenvalue weighted by molar-refractivity contribution is 5.75. The van der Waals surface area contributed by atoms with E-state index in [2.05, 4.69) is 19.1 Å². The number of carboxylic acid groups (broad SMARTS) is 1. The molecule has 1 aliphatic carbocycles. The van der Waals surface area contributed by atoms with Crippen LogP contribution in [0, 0.1) is 11.3 Å². The minimum absolute atomic E-state index is 0.308. The highest BCUT2D eigenvalue weighted by Gasteiger charge is 2.54. The summed E-state index contributed by atoms with van der Waals surface area (Å²) < 4.78 is 0. The summed E-state index contributed by atoms with van der Waals surface area (Å²) in [7, 11) is 0. The van der Waals surface area contributed by atoms with E-state index in [0.717, 1.165) is 19.3 Å². The standard InChI is InChI=1S/C15H20O2/c1-3-9-15(2,14(16)17)13-10-12(13)11-7-5-4-6-8-11/h4-8,12-13H,3,9-10H2,1-2H3,(H,16,17). The third-order valence-corrected chi connectivity index (χ3v) is 4.09. The van der Waals surface area contributed by atoms with Crippen LogP contribution in [0.15, 0.2) is 30.3 Å². The number of hydrogen-bond acceptors (Lipinski definition) is 1. The Morgan fingerprint density at radius 2 is 2.06 bits per heavy atom. The van der Waals surface area contributed by atoms with E-state index in [1.165, 1.54) is 5.56 Å². The van der Waals surface area contributed by atoms with Crippen LogP contribution >= 0.6 is 0 Å². The molecule has 0 heterocycles. The van der Waals surface area contributed by atoms with Crippen molar-refractivity contribution in [2.45, 2.75) is 39.0 Å². The molecule has 2 nitrogen and oxygen atoms in total. The Morgan fingerprint density at radius 1 is 1.41 bits per heavy atom. The lowest BCUT2D eigenvalue weighted by Gasteiger charge is -2.24. The summed E-state index contributed by atoms with van der Waals surface area (Å²) in [5.74, 6) is 0.119. The van der Waals surface area contributed by atoms with Gasteiger partial charge in [-0.15, -0.1) is 0 Å². The summed E-state index contributed by atoms with van der Waals surface area (Å²) in [6, 6.07) is 10.3. The van der Waals surface area contributed by atoms with Crippen LogP contribution in [0.5, 0.6) is 0 Å². The van der Waals surface area contributed by atoms with E-state index < -0.39 is 11.4 Å². The van der Waals surface area contributed by atoms with Gasteiger partial charge in [-0.3, -0.25) is 4.79 Å². The maximum absolute atomic E-state index is 11.5. The summed E-state index contributed by atoms with van der Waals surface area (Å²) in [6.45, 7) is 3.97. The zero-order valence-corrected chi connectivity index (χ0v) is 10.5. The van der Waals surface area contributed by atoms with Crippen molar-refractivity contribution < 1.29 is 9.90 Å². The highest BCUT2D eigenvalue weighted by Crippen LogP contribution is 2.58. The average molecular weight is 232 g/mol. The van der Waals surface area contributed by atoms with Gasteiger partial charge in [0.15, 0.2) is 0 Å². The van der Waals surface area contributed by atoms with Crippen molar-refractivity contribution >= 4 is 5.97 Å². The van der Waals surface area contributed by atoms with Crippen LogP contribution in [0.4, 0.5) is 0 Å². The normalized spacial score (nSPS) is 26.2. The second-order valence-corrected chi connectivity index (χ2v) is 5.33. The molecular formula is C15H20O2. The van der Waals surface area contributed by atoms with E-state index in [-0.39, 0.29) is 0 Å². The monoisotopic (exact) mass is 232 g/mol. The summed E-state index contributed by atoms with van der Waals surface area (Å²) in [6.07, 6.45) is 2.73. The van der Waals surface area contributed by atoms with Crippen LogP contribution in [0.1, 0.15) is 44.6 Å². The molecule has 1 N–H and O–H groups in total. The van der Waals surface area contributed by atoms with Crippen LogP contribution in [-0.4, -0.2) is 11.1 Å². The summed E-state index contributed by atoms with van der Waals surface area (Å²) in [5.41, 5.74) is 0.746. The van der Waals surface area contributed by atoms with Gasteiger partial charge in [-0.05, 0) is 37.2 Å².